The number of carbonyl (C=O) groups excluding carboxylic acids is 1. The number of hydrogen-bond acceptors (Lipinski definition) is 3. The molecule has 1 heterocycles. The molecule has 0 bridgehead atoms. The van der Waals surface area contributed by atoms with Crippen molar-refractivity contribution < 1.29 is 9.53 Å². The van der Waals surface area contributed by atoms with E-state index in [1.54, 1.807) is 0 Å². The average molecular weight is 299 g/mol. The fourth-order valence-corrected chi connectivity index (χ4v) is 3.24. The number of hydrogen-bond donors (Lipinski definition) is 0. The third kappa shape index (κ3) is 5.28. The quantitative estimate of drug-likeness (QED) is 0.706. The summed E-state index contributed by atoms with van der Waals surface area (Å²) in [5.41, 5.74) is 0.141. The van der Waals surface area contributed by atoms with Crippen molar-refractivity contribution >= 4 is 5.97 Å². The molecule has 0 spiro atoms. The highest BCUT2D eigenvalue weighted by Crippen LogP contribution is 2.35. The molecule has 0 aromatic heterocycles. The number of nitrogens with zero attached hydrogens (tertiary/aromatic N) is 1. The molecule has 3 unspecified atom stereocenters. The molecule has 21 heavy (non-hydrogen) atoms. The molecular formula is C18H37NO2. The van der Waals surface area contributed by atoms with Gasteiger partial charge in [0.1, 0.15) is 0 Å². The van der Waals surface area contributed by atoms with Crippen LogP contribution in [0.4, 0.5) is 0 Å². The lowest BCUT2D eigenvalue weighted by Gasteiger charge is -2.47. The van der Waals surface area contributed by atoms with Crippen LogP contribution in [-0.4, -0.2) is 36.6 Å². The van der Waals surface area contributed by atoms with Gasteiger partial charge in [-0.1, -0.05) is 41.0 Å². The predicted molar refractivity (Wildman–Crippen MR) is 90.4 cm³/mol. The molecule has 126 valence electrons. The number of methoxy groups -OCH3 is 1. The second-order valence-electron chi connectivity index (χ2n) is 6.66. The largest absolute Gasteiger partial charge is 0.469 e. The van der Waals surface area contributed by atoms with Gasteiger partial charge in [0.25, 0.3) is 0 Å². The molecule has 1 saturated heterocycles. The summed E-state index contributed by atoms with van der Waals surface area (Å²) < 4.78 is 4.89. The molecule has 3 heteroatoms. The molecule has 3 atom stereocenters. The standard InChI is InChI=1S/C16H31NO2.C2H6/c1-12(13(2)15(18)19-6)14(3)16(4,5)17-10-8-7-9-11-17;1-2/h12-14H,7-11H2,1-6H3;1-2H3. The van der Waals surface area contributed by atoms with E-state index in [0.717, 1.165) is 0 Å². The fraction of sp³-hybridized carbons (Fsp3) is 0.944. The van der Waals surface area contributed by atoms with Gasteiger partial charge in [-0.2, -0.15) is 0 Å². The molecule has 1 aliphatic rings. The Bertz CT molecular complexity index is 296. The van der Waals surface area contributed by atoms with Crippen LogP contribution in [-0.2, 0) is 9.53 Å². The Hall–Kier alpha value is -0.570. The van der Waals surface area contributed by atoms with Crippen LogP contribution in [0.15, 0.2) is 0 Å². The Balaban J connectivity index is 0.00000191. The van der Waals surface area contributed by atoms with E-state index < -0.39 is 0 Å². The van der Waals surface area contributed by atoms with Crippen LogP contribution >= 0.6 is 0 Å². The van der Waals surface area contributed by atoms with Gasteiger partial charge in [-0.3, -0.25) is 9.69 Å². The van der Waals surface area contributed by atoms with Gasteiger partial charge in [-0.05, 0) is 51.6 Å². The summed E-state index contributed by atoms with van der Waals surface area (Å²) in [6.45, 7) is 17.5. The normalized spacial score (nSPS) is 20.8. The summed E-state index contributed by atoms with van der Waals surface area (Å²) in [5, 5.41) is 0. The van der Waals surface area contributed by atoms with Crippen LogP contribution in [0.5, 0.6) is 0 Å². The zero-order chi connectivity index (χ0) is 16.6. The van der Waals surface area contributed by atoms with Gasteiger partial charge < -0.3 is 4.74 Å². The Labute approximate surface area is 132 Å². The molecular weight excluding hydrogens is 262 g/mol. The van der Waals surface area contributed by atoms with Crippen molar-refractivity contribution in [1.29, 1.82) is 0 Å². The zero-order valence-corrected chi connectivity index (χ0v) is 15.5. The lowest BCUT2D eigenvalue weighted by molar-refractivity contribution is -0.148. The van der Waals surface area contributed by atoms with Crippen molar-refractivity contribution in [3.63, 3.8) is 0 Å². The van der Waals surface area contributed by atoms with Crippen LogP contribution in [0.2, 0.25) is 0 Å². The van der Waals surface area contributed by atoms with E-state index >= 15 is 0 Å². The van der Waals surface area contributed by atoms with Crippen molar-refractivity contribution in [2.45, 2.75) is 73.3 Å². The van der Waals surface area contributed by atoms with Crippen molar-refractivity contribution in [3.8, 4) is 0 Å². The average Bonchev–Trinajstić information content (AvgIpc) is 2.54. The van der Waals surface area contributed by atoms with E-state index in [1.165, 1.54) is 39.5 Å². The summed E-state index contributed by atoms with van der Waals surface area (Å²) in [7, 11) is 1.48. The zero-order valence-electron chi connectivity index (χ0n) is 15.5. The Morgan fingerprint density at radius 2 is 1.52 bits per heavy atom. The minimum Gasteiger partial charge on any atom is -0.469 e. The first-order valence-corrected chi connectivity index (χ1v) is 8.65. The molecule has 1 aliphatic heterocycles. The summed E-state index contributed by atoms with van der Waals surface area (Å²) in [5.74, 6) is 0.655. The number of ether oxygens (including phenoxy) is 1. The van der Waals surface area contributed by atoms with E-state index in [0.29, 0.717) is 11.8 Å². The second-order valence-corrected chi connectivity index (χ2v) is 6.66. The molecule has 0 saturated carbocycles. The van der Waals surface area contributed by atoms with Crippen LogP contribution in [0.25, 0.3) is 0 Å². The van der Waals surface area contributed by atoms with Crippen molar-refractivity contribution in [2.75, 3.05) is 20.2 Å². The lowest BCUT2D eigenvalue weighted by atomic mass is 9.73. The number of rotatable bonds is 5. The number of carbonyl (C=O) groups is 1. The van der Waals surface area contributed by atoms with Gasteiger partial charge in [0.2, 0.25) is 0 Å². The van der Waals surface area contributed by atoms with E-state index in [2.05, 4.69) is 32.6 Å². The highest BCUT2D eigenvalue weighted by molar-refractivity contribution is 5.72. The van der Waals surface area contributed by atoms with Gasteiger partial charge in [0, 0.05) is 5.54 Å². The first kappa shape index (κ1) is 20.4. The number of likely N-dealkylation sites (tertiary alicyclic amines) is 1. The van der Waals surface area contributed by atoms with Crippen molar-refractivity contribution in [2.24, 2.45) is 17.8 Å². The van der Waals surface area contributed by atoms with Crippen LogP contribution in [0.1, 0.15) is 67.7 Å². The third-order valence-corrected chi connectivity index (χ3v) is 5.44. The molecule has 3 nitrogen and oxygen atoms in total. The Kier molecular flexibility index (Phi) is 9.19. The first-order valence-electron chi connectivity index (χ1n) is 8.65. The molecule has 0 aliphatic carbocycles. The lowest BCUT2D eigenvalue weighted by Crippen LogP contribution is -2.53. The number of piperidine rings is 1. The van der Waals surface area contributed by atoms with Gasteiger partial charge in [-0.25, -0.2) is 0 Å². The molecule has 1 rings (SSSR count). The minimum absolute atomic E-state index is 0.0379. The molecule has 0 aromatic carbocycles. The van der Waals surface area contributed by atoms with Gasteiger partial charge >= 0.3 is 5.97 Å². The van der Waals surface area contributed by atoms with E-state index in [-0.39, 0.29) is 17.4 Å². The molecule has 1 fully saturated rings. The van der Waals surface area contributed by atoms with E-state index in [1.807, 2.05) is 20.8 Å². The maximum atomic E-state index is 11.7. The predicted octanol–water partition coefficient (Wildman–Crippen LogP) is 4.36. The SMILES string of the molecule is CC.COC(=O)C(C)C(C)C(C)C(C)(C)N1CCCCC1. The highest BCUT2D eigenvalue weighted by Gasteiger charge is 2.39. The van der Waals surface area contributed by atoms with E-state index in [4.69, 9.17) is 4.74 Å². The maximum Gasteiger partial charge on any atom is 0.308 e. The van der Waals surface area contributed by atoms with Crippen molar-refractivity contribution in [1.82, 2.24) is 4.90 Å². The Morgan fingerprint density at radius 1 is 1.05 bits per heavy atom. The second kappa shape index (κ2) is 9.45. The molecule has 0 amide bonds. The van der Waals surface area contributed by atoms with Gasteiger partial charge in [0.15, 0.2) is 0 Å². The molecule has 0 N–H and O–H groups in total. The smallest absolute Gasteiger partial charge is 0.308 e. The monoisotopic (exact) mass is 299 g/mol. The first-order chi connectivity index (χ1) is 9.82. The van der Waals surface area contributed by atoms with Crippen LogP contribution in [0.3, 0.4) is 0 Å². The summed E-state index contributed by atoms with van der Waals surface area (Å²) in [6.07, 6.45) is 3.96. The van der Waals surface area contributed by atoms with Gasteiger partial charge in [0.05, 0.1) is 13.0 Å². The van der Waals surface area contributed by atoms with Gasteiger partial charge in [-0.15, -0.1) is 0 Å². The Morgan fingerprint density at radius 3 is 1.95 bits per heavy atom. The fourth-order valence-electron chi connectivity index (χ4n) is 3.24. The molecule has 0 aromatic rings. The summed E-state index contributed by atoms with van der Waals surface area (Å²) >= 11 is 0. The van der Waals surface area contributed by atoms with Crippen LogP contribution in [0, 0.1) is 17.8 Å². The third-order valence-electron chi connectivity index (χ3n) is 5.44. The van der Waals surface area contributed by atoms with E-state index in [9.17, 15) is 4.79 Å². The maximum absolute atomic E-state index is 11.7. The highest BCUT2D eigenvalue weighted by atomic mass is 16.5. The van der Waals surface area contributed by atoms with Crippen molar-refractivity contribution in [3.05, 3.63) is 0 Å². The molecule has 0 radical (unpaired) electrons. The minimum atomic E-state index is -0.0891. The summed E-state index contributed by atoms with van der Waals surface area (Å²) in [4.78, 5) is 14.3. The summed E-state index contributed by atoms with van der Waals surface area (Å²) in [6, 6.07) is 0. The topological polar surface area (TPSA) is 29.5 Å². The number of esters is 1. The van der Waals surface area contributed by atoms with Crippen LogP contribution < -0.4 is 0 Å².